The Bertz CT molecular complexity index is 1340. The van der Waals surface area contributed by atoms with Crippen LogP contribution in [0.1, 0.15) is 58.2 Å². The number of amides is 1. The highest BCUT2D eigenvalue weighted by molar-refractivity contribution is 6.14. The zero-order chi connectivity index (χ0) is 24.3. The average molecular weight is 446 g/mol. The summed E-state index contributed by atoms with van der Waals surface area (Å²) in [5, 5.41) is 7.48. The number of carbonyl (C=O) groups is 1. The molecular weight excluding hydrogens is 414 g/mol. The van der Waals surface area contributed by atoms with Crippen LogP contribution in [0.25, 0.3) is 16.5 Å². The van der Waals surface area contributed by atoms with Gasteiger partial charge in [-0.1, -0.05) is 18.7 Å². The summed E-state index contributed by atoms with van der Waals surface area (Å²) in [5.41, 5.74) is 5.99. The van der Waals surface area contributed by atoms with Crippen LogP contribution in [0.2, 0.25) is 0 Å². The average Bonchev–Trinajstić information content (AvgIpc) is 3.09. The monoisotopic (exact) mass is 445 g/mol. The first-order valence-corrected chi connectivity index (χ1v) is 10.9. The van der Waals surface area contributed by atoms with Gasteiger partial charge in [0.05, 0.1) is 6.21 Å². The summed E-state index contributed by atoms with van der Waals surface area (Å²) >= 11 is 0. The molecule has 1 aromatic carbocycles. The summed E-state index contributed by atoms with van der Waals surface area (Å²) in [6, 6.07) is 5.97. The van der Waals surface area contributed by atoms with E-state index in [0.29, 0.717) is 11.1 Å². The Balaban J connectivity index is 2.14. The molecule has 0 radical (unpaired) electrons. The molecule has 0 atom stereocenters. The second-order valence-corrected chi connectivity index (χ2v) is 8.49. The van der Waals surface area contributed by atoms with Crippen LogP contribution >= 0.6 is 0 Å². The number of pyridine rings is 1. The molecule has 0 spiro atoms. The van der Waals surface area contributed by atoms with Gasteiger partial charge in [0, 0.05) is 52.1 Å². The first-order chi connectivity index (χ1) is 15.7. The van der Waals surface area contributed by atoms with Crippen LogP contribution < -0.4 is 16.7 Å². The lowest BCUT2D eigenvalue weighted by Gasteiger charge is -2.14. The van der Waals surface area contributed by atoms with E-state index in [-0.39, 0.29) is 24.1 Å². The number of nitrogens with two attached hydrogens (primary N) is 1. The van der Waals surface area contributed by atoms with Crippen LogP contribution in [0.4, 0.5) is 0 Å². The fraction of sp³-hybridized carbons (Fsp3) is 0.269. The summed E-state index contributed by atoms with van der Waals surface area (Å²) in [5.74, 6) is 5.16. The van der Waals surface area contributed by atoms with Gasteiger partial charge in [-0.2, -0.15) is 5.10 Å². The number of aromatic amines is 1. The van der Waals surface area contributed by atoms with Gasteiger partial charge in [-0.15, -0.1) is 0 Å². The van der Waals surface area contributed by atoms with Crippen LogP contribution in [-0.4, -0.2) is 21.7 Å². The molecule has 7 heteroatoms. The molecule has 0 saturated heterocycles. The number of hydrogen-bond acceptors (Lipinski definition) is 4. The highest BCUT2D eigenvalue weighted by Crippen LogP contribution is 2.31. The van der Waals surface area contributed by atoms with E-state index in [0.717, 1.165) is 38.9 Å². The summed E-state index contributed by atoms with van der Waals surface area (Å²) in [6.07, 6.45) is 7.04. The Morgan fingerprint density at radius 3 is 2.58 bits per heavy atom. The minimum Gasteiger partial charge on any atom is -0.348 e. The third-order valence-electron chi connectivity index (χ3n) is 5.69. The predicted molar refractivity (Wildman–Crippen MR) is 136 cm³/mol. The molecule has 0 bridgehead atoms. The Labute approximate surface area is 193 Å². The maximum absolute atomic E-state index is 13.4. The third kappa shape index (κ3) is 4.82. The van der Waals surface area contributed by atoms with Crippen molar-refractivity contribution >= 4 is 28.6 Å². The molecule has 2 heterocycles. The van der Waals surface area contributed by atoms with Gasteiger partial charge in [-0.3, -0.25) is 9.59 Å². The minimum atomic E-state index is -0.256. The number of benzene rings is 1. The van der Waals surface area contributed by atoms with Gasteiger partial charge in [0.15, 0.2) is 0 Å². The number of rotatable bonds is 7. The summed E-state index contributed by atoms with van der Waals surface area (Å²) in [7, 11) is 0. The highest BCUT2D eigenvalue weighted by atomic mass is 16.1. The number of carbonyl (C=O) groups excluding carboxylic acids is 1. The van der Waals surface area contributed by atoms with Crippen LogP contribution in [0.3, 0.4) is 0 Å². The van der Waals surface area contributed by atoms with E-state index in [1.54, 1.807) is 12.2 Å². The molecule has 1 amide bonds. The molecule has 0 aliphatic carbocycles. The number of nitrogens with one attached hydrogen (secondary N) is 2. The van der Waals surface area contributed by atoms with Gasteiger partial charge < -0.3 is 20.7 Å². The van der Waals surface area contributed by atoms with Gasteiger partial charge in [0.1, 0.15) is 0 Å². The molecule has 33 heavy (non-hydrogen) atoms. The predicted octanol–water partition coefficient (Wildman–Crippen LogP) is 4.28. The molecule has 4 N–H and O–H groups in total. The Kier molecular flexibility index (Phi) is 7.01. The van der Waals surface area contributed by atoms with Gasteiger partial charge in [-0.25, -0.2) is 0 Å². The standard InChI is InChI=1S/C26H31N5O2/c1-7-8-19(12-29-27)20-10-21(24-17(5)14-31(15(2)3)23(24)11-20)25(32)28-13-22-16(4)9-18(6)30-26(22)33/h7-12,14-15H,1,13,27H2,2-6H3,(H,28,32)(H,30,33)/b19-8+,29-12-. The largest absolute Gasteiger partial charge is 0.348 e. The fourth-order valence-corrected chi connectivity index (χ4v) is 4.15. The van der Waals surface area contributed by atoms with Gasteiger partial charge in [-0.05, 0) is 69.5 Å². The topological polar surface area (TPSA) is 105 Å². The molecule has 3 rings (SSSR count). The Morgan fingerprint density at radius 2 is 1.97 bits per heavy atom. The molecule has 3 aromatic rings. The van der Waals surface area contributed by atoms with Crippen LogP contribution in [0, 0.1) is 20.8 Å². The maximum atomic E-state index is 13.4. The van der Waals surface area contributed by atoms with Gasteiger partial charge in [0.2, 0.25) is 0 Å². The SMILES string of the molecule is C=C/C=C(\C=N/N)c1cc(C(=O)NCc2c(C)cc(C)[nH]c2=O)c2c(C)cn(C(C)C)c2c1. The smallest absolute Gasteiger partial charge is 0.253 e. The lowest BCUT2D eigenvalue weighted by molar-refractivity contribution is 0.0952. The highest BCUT2D eigenvalue weighted by Gasteiger charge is 2.19. The Morgan fingerprint density at radius 1 is 1.24 bits per heavy atom. The van der Waals surface area contributed by atoms with E-state index in [1.165, 1.54) is 6.21 Å². The van der Waals surface area contributed by atoms with E-state index >= 15 is 0 Å². The lowest BCUT2D eigenvalue weighted by atomic mass is 9.98. The van der Waals surface area contributed by atoms with Crippen LogP contribution in [0.15, 0.2) is 53.0 Å². The van der Waals surface area contributed by atoms with Crippen molar-refractivity contribution in [3.63, 3.8) is 0 Å². The molecule has 2 aromatic heterocycles. The molecule has 172 valence electrons. The summed E-state index contributed by atoms with van der Waals surface area (Å²) in [4.78, 5) is 28.6. The van der Waals surface area contributed by atoms with Crippen molar-refractivity contribution in [3.8, 4) is 0 Å². The van der Waals surface area contributed by atoms with E-state index in [4.69, 9.17) is 5.84 Å². The van der Waals surface area contributed by atoms with Crippen molar-refractivity contribution in [2.24, 2.45) is 10.9 Å². The first-order valence-electron chi connectivity index (χ1n) is 10.9. The van der Waals surface area contributed by atoms with E-state index in [2.05, 4.69) is 46.6 Å². The van der Waals surface area contributed by atoms with E-state index in [1.807, 2.05) is 39.0 Å². The number of aromatic nitrogens is 2. The zero-order valence-electron chi connectivity index (χ0n) is 19.8. The summed E-state index contributed by atoms with van der Waals surface area (Å²) in [6.45, 7) is 13.8. The fourth-order valence-electron chi connectivity index (χ4n) is 4.15. The first kappa shape index (κ1) is 23.8. The molecule has 0 saturated carbocycles. The van der Waals surface area contributed by atoms with E-state index < -0.39 is 0 Å². The minimum absolute atomic E-state index is 0.134. The zero-order valence-corrected chi connectivity index (χ0v) is 19.8. The molecule has 0 unspecified atom stereocenters. The van der Waals surface area contributed by atoms with Crippen molar-refractivity contribution < 1.29 is 4.79 Å². The van der Waals surface area contributed by atoms with Crippen molar-refractivity contribution in [2.75, 3.05) is 0 Å². The third-order valence-corrected chi connectivity index (χ3v) is 5.69. The molecule has 0 aliphatic heterocycles. The maximum Gasteiger partial charge on any atom is 0.253 e. The number of aryl methyl sites for hydroxylation is 3. The molecular formula is C26H31N5O2. The molecule has 0 aliphatic rings. The normalized spacial score (nSPS) is 12.1. The van der Waals surface area contributed by atoms with Gasteiger partial charge in [0.25, 0.3) is 11.5 Å². The second-order valence-electron chi connectivity index (χ2n) is 8.49. The quantitative estimate of drug-likeness (QED) is 0.219. The van der Waals surface area contributed by atoms with Gasteiger partial charge >= 0.3 is 0 Å². The molecule has 0 fully saturated rings. The van der Waals surface area contributed by atoms with Crippen LogP contribution in [-0.2, 0) is 6.54 Å². The molecule has 7 nitrogen and oxygen atoms in total. The number of nitrogens with zero attached hydrogens (tertiary/aromatic N) is 2. The van der Waals surface area contributed by atoms with Crippen molar-refractivity contribution in [1.29, 1.82) is 0 Å². The van der Waals surface area contributed by atoms with Crippen molar-refractivity contribution in [3.05, 3.63) is 87.0 Å². The number of hydrogen-bond donors (Lipinski definition) is 3. The van der Waals surface area contributed by atoms with Crippen molar-refractivity contribution in [2.45, 2.75) is 47.2 Å². The number of allylic oxidation sites excluding steroid dienone is 3. The van der Waals surface area contributed by atoms with E-state index in [9.17, 15) is 9.59 Å². The summed E-state index contributed by atoms with van der Waals surface area (Å²) < 4.78 is 2.14. The second kappa shape index (κ2) is 9.73. The van der Waals surface area contributed by atoms with Crippen molar-refractivity contribution in [1.82, 2.24) is 14.9 Å². The number of hydrazone groups is 1. The lowest BCUT2D eigenvalue weighted by Crippen LogP contribution is -2.28. The number of H-pyrrole nitrogens is 1. The van der Waals surface area contributed by atoms with Crippen LogP contribution in [0.5, 0.6) is 0 Å². The Hall–Kier alpha value is -3.87. The number of fused-ring (bicyclic) bond motifs is 1.